The van der Waals surface area contributed by atoms with Gasteiger partial charge in [-0.1, -0.05) is 152 Å². The Morgan fingerprint density at radius 3 is 1.73 bits per heavy atom. The average molecular weight is 736 g/mol. The number of thiophene rings is 2. The lowest BCUT2D eigenvalue weighted by Gasteiger charge is -2.26. The van der Waals surface area contributed by atoms with E-state index in [2.05, 4.69) is 205 Å². The Labute approximate surface area is 327 Å². The molecule has 0 unspecified atom stereocenters. The van der Waals surface area contributed by atoms with Gasteiger partial charge in [-0.15, -0.1) is 22.7 Å². The van der Waals surface area contributed by atoms with Crippen LogP contribution in [-0.4, -0.2) is 0 Å². The van der Waals surface area contributed by atoms with E-state index in [4.69, 9.17) is 0 Å². The van der Waals surface area contributed by atoms with Gasteiger partial charge >= 0.3 is 0 Å². The maximum absolute atomic E-state index is 2.44. The molecule has 55 heavy (non-hydrogen) atoms. The maximum atomic E-state index is 2.44. The number of anilines is 3. The molecule has 0 fully saturated rings. The van der Waals surface area contributed by atoms with Crippen molar-refractivity contribution >= 4 is 90.9 Å². The van der Waals surface area contributed by atoms with Crippen LogP contribution in [0.3, 0.4) is 0 Å². The second-order valence-electron chi connectivity index (χ2n) is 14.1. The topological polar surface area (TPSA) is 3.24 Å². The van der Waals surface area contributed by atoms with Crippen molar-refractivity contribution in [2.24, 2.45) is 0 Å². The number of benzene rings is 9. The van der Waals surface area contributed by atoms with Gasteiger partial charge < -0.3 is 4.90 Å². The number of rotatable bonds is 6. The highest BCUT2D eigenvalue weighted by molar-refractivity contribution is 7.27. The zero-order valence-electron chi connectivity index (χ0n) is 29.8. The zero-order valence-corrected chi connectivity index (χ0v) is 31.4. The quantitative estimate of drug-likeness (QED) is 0.164. The van der Waals surface area contributed by atoms with Gasteiger partial charge in [-0.2, -0.15) is 0 Å². The lowest BCUT2D eigenvalue weighted by Crippen LogP contribution is -2.10. The van der Waals surface area contributed by atoms with Crippen LogP contribution in [0.2, 0.25) is 0 Å². The molecule has 0 saturated heterocycles. The summed E-state index contributed by atoms with van der Waals surface area (Å²) in [5.74, 6) is 0. The van der Waals surface area contributed by atoms with E-state index in [0.717, 1.165) is 11.4 Å². The Kier molecular flexibility index (Phi) is 7.61. The highest BCUT2D eigenvalue weighted by Crippen LogP contribution is 2.48. The Morgan fingerprint density at radius 2 is 0.909 bits per heavy atom. The standard InChI is InChI=1S/C52H33NS2/c1-2-12-36(13-3-1)43-17-8-18-44-45-19-9-20-47(52(45)55-51(43)44)53(40-29-25-35(26-30-40)39-24-23-34-11-4-5-14-38(34)33-39)41-31-27-37(28-32-41)42-16-10-22-49-50(42)46-15-6-7-21-48(46)54-49/h1-33H. The van der Waals surface area contributed by atoms with E-state index < -0.39 is 0 Å². The van der Waals surface area contributed by atoms with E-state index in [-0.39, 0.29) is 0 Å². The van der Waals surface area contributed by atoms with Crippen LogP contribution in [0.25, 0.3) is 84.5 Å². The van der Waals surface area contributed by atoms with Gasteiger partial charge in [0, 0.05) is 47.0 Å². The van der Waals surface area contributed by atoms with Gasteiger partial charge in [0.25, 0.3) is 0 Å². The van der Waals surface area contributed by atoms with Gasteiger partial charge in [0.05, 0.1) is 10.4 Å². The number of nitrogens with zero attached hydrogens (tertiary/aromatic N) is 1. The summed E-state index contributed by atoms with van der Waals surface area (Å²) in [5.41, 5.74) is 10.8. The number of hydrogen-bond donors (Lipinski definition) is 0. The van der Waals surface area contributed by atoms with Crippen LogP contribution in [0, 0.1) is 0 Å². The first kappa shape index (κ1) is 32.0. The Balaban J connectivity index is 1.07. The van der Waals surface area contributed by atoms with Gasteiger partial charge in [-0.05, 0) is 92.7 Å². The molecule has 0 radical (unpaired) electrons. The van der Waals surface area contributed by atoms with Gasteiger partial charge in [0.1, 0.15) is 0 Å². The number of hydrogen-bond acceptors (Lipinski definition) is 3. The molecule has 9 aromatic carbocycles. The fourth-order valence-electron chi connectivity index (χ4n) is 8.23. The largest absolute Gasteiger partial charge is 0.309 e. The van der Waals surface area contributed by atoms with Crippen molar-refractivity contribution < 1.29 is 0 Å². The monoisotopic (exact) mass is 735 g/mol. The summed E-state index contributed by atoms with van der Waals surface area (Å²) >= 11 is 3.76. The fraction of sp³-hybridized carbons (Fsp3) is 0. The highest BCUT2D eigenvalue weighted by Gasteiger charge is 2.20. The van der Waals surface area contributed by atoms with Crippen molar-refractivity contribution in [3.63, 3.8) is 0 Å². The molecule has 11 rings (SSSR count). The van der Waals surface area contributed by atoms with Gasteiger partial charge in [-0.3, -0.25) is 0 Å². The SMILES string of the molecule is c1ccc(-c2cccc3c2sc2c(N(c4ccc(-c5ccc6ccccc6c5)cc4)c4ccc(-c5cccc6sc7ccccc7c56)cc4)cccc23)cc1. The lowest BCUT2D eigenvalue weighted by atomic mass is 9.99. The zero-order chi connectivity index (χ0) is 36.3. The van der Waals surface area contributed by atoms with E-state index in [1.807, 2.05) is 22.7 Å². The summed E-state index contributed by atoms with van der Waals surface area (Å²) in [5, 5.41) is 7.74. The molecule has 0 spiro atoms. The Morgan fingerprint density at radius 1 is 0.327 bits per heavy atom. The summed E-state index contributed by atoms with van der Waals surface area (Å²) in [6, 6.07) is 73.3. The smallest absolute Gasteiger partial charge is 0.0640 e. The average Bonchev–Trinajstić information content (AvgIpc) is 3.84. The maximum Gasteiger partial charge on any atom is 0.0640 e. The first-order chi connectivity index (χ1) is 27.3. The summed E-state index contributed by atoms with van der Waals surface area (Å²) in [6.45, 7) is 0. The van der Waals surface area contributed by atoms with Crippen LogP contribution in [0.4, 0.5) is 17.1 Å². The molecule has 0 aliphatic rings. The van der Waals surface area contributed by atoms with Crippen LogP contribution < -0.4 is 4.90 Å². The molecule has 0 N–H and O–H groups in total. The van der Waals surface area contributed by atoms with Crippen molar-refractivity contribution in [3.05, 3.63) is 200 Å². The van der Waals surface area contributed by atoms with Crippen LogP contribution in [0.5, 0.6) is 0 Å². The molecule has 11 aromatic rings. The van der Waals surface area contributed by atoms with E-state index in [1.165, 1.54) is 90.2 Å². The first-order valence-corrected chi connectivity index (χ1v) is 20.3. The van der Waals surface area contributed by atoms with E-state index in [1.54, 1.807) is 0 Å². The third-order valence-corrected chi connectivity index (χ3v) is 13.3. The molecule has 0 atom stereocenters. The first-order valence-electron chi connectivity index (χ1n) is 18.7. The normalized spacial score (nSPS) is 11.6. The van der Waals surface area contributed by atoms with Gasteiger partial charge in [0.15, 0.2) is 0 Å². The molecule has 3 heteroatoms. The van der Waals surface area contributed by atoms with Crippen molar-refractivity contribution in [1.82, 2.24) is 0 Å². The molecular weight excluding hydrogens is 703 g/mol. The van der Waals surface area contributed by atoms with Crippen LogP contribution >= 0.6 is 22.7 Å². The summed E-state index contributed by atoms with van der Waals surface area (Å²) in [6.07, 6.45) is 0. The molecular formula is C52H33NS2. The second kappa shape index (κ2) is 13.1. The van der Waals surface area contributed by atoms with E-state index >= 15 is 0 Å². The molecule has 0 aliphatic heterocycles. The third-order valence-electron chi connectivity index (χ3n) is 10.9. The van der Waals surface area contributed by atoms with Gasteiger partial charge in [0.2, 0.25) is 0 Å². The highest BCUT2D eigenvalue weighted by atomic mass is 32.1. The lowest BCUT2D eigenvalue weighted by molar-refractivity contribution is 1.30. The van der Waals surface area contributed by atoms with Crippen LogP contribution in [-0.2, 0) is 0 Å². The van der Waals surface area contributed by atoms with Gasteiger partial charge in [-0.25, -0.2) is 0 Å². The predicted molar refractivity (Wildman–Crippen MR) is 241 cm³/mol. The molecule has 0 aliphatic carbocycles. The molecule has 0 amide bonds. The molecule has 2 aromatic heterocycles. The van der Waals surface area contributed by atoms with Crippen LogP contribution in [0.1, 0.15) is 0 Å². The van der Waals surface area contributed by atoms with E-state index in [0.29, 0.717) is 0 Å². The van der Waals surface area contributed by atoms with Crippen molar-refractivity contribution in [1.29, 1.82) is 0 Å². The molecule has 0 saturated carbocycles. The summed E-state index contributed by atoms with van der Waals surface area (Å²) < 4.78 is 5.24. The fourth-order valence-corrected chi connectivity index (χ4v) is 10.7. The minimum absolute atomic E-state index is 1.12. The van der Waals surface area contributed by atoms with Crippen molar-refractivity contribution in [3.8, 4) is 33.4 Å². The van der Waals surface area contributed by atoms with Crippen molar-refractivity contribution in [2.75, 3.05) is 4.90 Å². The third kappa shape index (κ3) is 5.43. The Bertz CT molecular complexity index is 3190. The minimum Gasteiger partial charge on any atom is -0.309 e. The van der Waals surface area contributed by atoms with E-state index in [9.17, 15) is 0 Å². The minimum atomic E-state index is 1.12. The Hall–Kier alpha value is -6.52. The molecule has 1 nitrogen and oxygen atoms in total. The predicted octanol–water partition coefficient (Wildman–Crippen LogP) is 16.0. The number of fused-ring (bicyclic) bond motifs is 7. The molecule has 258 valence electrons. The van der Waals surface area contributed by atoms with Crippen molar-refractivity contribution in [2.45, 2.75) is 0 Å². The second-order valence-corrected chi connectivity index (χ2v) is 16.2. The van der Waals surface area contributed by atoms with Crippen LogP contribution in [0.15, 0.2) is 200 Å². The molecule has 2 heterocycles. The summed E-state index contributed by atoms with van der Waals surface area (Å²) in [7, 11) is 0. The molecule has 0 bridgehead atoms. The summed E-state index contributed by atoms with van der Waals surface area (Å²) in [4.78, 5) is 2.44.